The third kappa shape index (κ3) is 3.34. The summed E-state index contributed by atoms with van der Waals surface area (Å²) in [6.45, 7) is 5.71. The Morgan fingerprint density at radius 2 is 2.00 bits per heavy atom. The fourth-order valence-electron chi connectivity index (χ4n) is 3.45. The predicted octanol–water partition coefficient (Wildman–Crippen LogP) is 1.59. The van der Waals surface area contributed by atoms with Crippen LogP contribution in [0.3, 0.4) is 0 Å². The number of rotatable bonds is 3. The number of hydrogen-bond donors (Lipinski definition) is 0. The van der Waals surface area contributed by atoms with Crippen LogP contribution in [0.2, 0.25) is 0 Å². The lowest BCUT2D eigenvalue weighted by atomic mass is 9.99. The second-order valence-corrected chi connectivity index (χ2v) is 8.20. The average Bonchev–Trinajstić information content (AvgIpc) is 2.63. The Morgan fingerprint density at radius 3 is 2.65 bits per heavy atom. The Kier molecular flexibility index (Phi) is 5.32. The van der Waals surface area contributed by atoms with Crippen LogP contribution in [-0.4, -0.2) is 77.2 Å². The van der Waals surface area contributed by atoms with Gasteiger partial charge in [-0.25, -0.2) is 4.79 Å². The minimum atomic E-state index is -0.605. The number of imide groups is 1. The molecule has 1 fully saturated rings. The van der Waals surface area contributed by atoms with Crippen molar-refractivity contribution in [2.24, 2.45) is 16.8 Å². The van der Waals surface area contributed by atoms with Crippen molar-refractivity contribution >= 4 is 41.7 Å². The molecular formula is C18H25N4O3S+. The van der Waals surface area contributed by atoms with Crippen LogP contribution >= 0.6 is 11.8 Å². The zero-order valence-corrected chi connectivity index (χ0v) is 16.5. The van der Waals surface area contributed by atoms with E-state index in [1.165, 1.54) is 23.4 Å². The molecule has 0 saturated carbocycles. The first-order chi connectivity index (χ1) is 12.3. The van der Waals surface area contributed by atoms with Crippen molar-refractivity contribution in [2.45, 2.75) is 26.7 Å². The molecule has 0 aromatic rings. The smallest absolute Gasteiger partial charge is 0.342 e. The largest absolute Gasteiger partial charge is 0.445 e. The highest BCUT2D eigenvalue weighted by atomic mass is 32.2. The van der Waals surface area contributed by atoms with Crippen LogP contribution in [0.5, 0.6) is 0 Å². The number of urea groups is 1. The molecule has 0 bridgehead atoms. The number of allylic oxidation sites excluding steroid dienone is 1. The van der Waals surface area contributed by atoms with Crippen molar-refractivity contribution in [1.82, 2.24) is 9.80 Å². The number of fused-ring (bicyclic) bond motifs is 1. The zero-order chi connectivity index (χ0) is 19.0. The summed E-state index contributed by atoms with van der Waals surface area (Å²) in [5.74, 6) is 0.616. The maximum absolute atomic E-state index is 12.7. The summed E-state index contributed by atoms with van der Waals surface area (Å²) in [6, 6.07) is -0.388. The van der Waals surface area contributed by atoms with Gasteiger partial charge in [-0.2, -0.15) is 9.48 Å². The minimum Gasteiger partial charge on any atom is -0.342 e. The molecule has 0 N–H and O–H groups in total. The summed E-state index contributed by atoms with van der Waals surface area (Å²) in [4.78, 5) is 45.5. The van der Waals surface area contributed by atoms with Crippen molar-refractivity contribution in [3.8, 4) is 0 Å². The number of carbonyl (C=O) groups excluding carboxylic acids is 3. The number of nitrogens with zero attached hydrogens (tertiary/aromatic N) is 4. The van der Waals surface area contributed by atoms with Crippen molar-refractivity contribution in [3.63, 3.8) is 0 Å². The standard InChI is InChI=1S/C18H25N4O3S/c1-11-5-7-22(8-6-11)13(23)10-26-15-12(2)9-19-16-14(15)17(24)21(4)18(25)20(16)3/h9,11,14H,5-8,10H2,1-4H3/q+1. The van der Waals surface area contributed by atoms with E-state index >= 15 is 0 Å². The topological polar surface area (TPSA) is 73.1 Å². The summed E-state index contributed by atoms with van der Waals surface area (Å²) in [5, 5.41) is 0. The maximum atomic E-state index is 12.7. The highest BCUT2D eigenvalue weighted by Gasteiger charge is 2.48. The van der Waals surface area contributed by atoms with Crippen LogP contribution in [0, 0.1) is 11.8 Å². The van der Waals surface area contributed by atoms with E-state index in [9.17, 15) is 14.4 Å². The van der Waals surface area contributed by atoms with Gasteiger partial charge in [0.1, 0.15) is 6.21 Å². The van der Waals surface area contributed by atoms with E-state index in [0.29, 0.717) is 17.5 Å². The number of likely N-dealkylation sites (tertiary alicyclic amines) is 1. The maximum Gasteiger partial charge on any atom is 0.445 e. The van der Waals surface area contributed by atoms with Crippen LogP contribution < -0.4 is 0 Å². The lowest BCUT2D eigenvalue weighted by molar-refractivity contribution is -0.407. The van der Waals surface area contributed by atoms with Crippen LogP contribution in [0.1, 0.15) is 26.7 Å². The number of amides is 4. The van der Waals surface area contributed by atoms with Gasteiger partial charge in [-0.05, 0) is 31.3 Å². The number of amidine groups is 1. The molecule has 26 heavy (non-hydrogen) atoms. The van der Waals surface area contributed by atoms with Crippen molar-refractivity contribution in [3.05, 3.63) is 10.5 Å². The second-order valence-electron chi connectivity index (χ2n) is 7.19. The third-order valence-corrected chi connectivity index (χ3v) is 6.54. The molecule has 0 aromatic heterocycles. The Balaban J connectivity index is 1.76. The molecule has 1 unspecified atom stereocenters. The van der Waals surface area contributed by atoms with Gasteiger partial charge in [0.15, 0.2) is 5.92 Å². The number of carbonyl (C=O) groups is 3. The molecule has 0 radical (unpaired) electrons. The van der Waals surface area contributed by atoms with Gasteiger partial charge in [0.2, 0.25) is 5.91 Å². The molecule has 0 spiro atoms. The van der Waals surface area contributed by atoms with E-state index in [1.807, 2.05) is 11.8 Å². The molecular weight excluding hydrogens is 352 g/mol. The monoisotopic (exact) mass is 377 g/mol. The first kappa shape index (κ1) is 18.8. The highest BCUT2D eigenvalue weighted by Crippen LogP contribution is 2.34. The van der Waals surface area contributed by atoms with Gasteiger partial charge >= 0.3 is 11.9 Å². The van der Waals surface area contributed by atoms with Crippen molar-refractivity contribution < 1.29 is 19.0 Å². The van der Waals surface area contributed by atoms with Gasteiger partial charge in [0.05, 0.1) is 19.8 Å². The number of thioether (sulfide) groups is 1. The van der Waals surface area contributed by atoms with Gasteiger partial charge in [-0.1, -0.05) is 6.92 Å². The summed E-state index contributed by atoms with van der Waals surface area (Å²) < 4.78 is 1.41. The first-order valence-electron chi connectivity index (χ1n) is 8.88. The normalized spacial score (nSPS) is 24.5. The molecule has 140 valence electrons. The summed E-state index contributed by atoms with van der Waals surface area (Å²) >= 11 is 1.39. The Hall–Kier alpha value is -1.96. The first-order valence-corrected chi connectivity index (χ1v) is 9.87. The summed E-state index contributed by atoms with van der Waals surface area (Å²) in [6.07, 6.45) is 3.76. The molecule has 8 heteroatoms. The molecule has 7 nitrogen and oxygen atoms in total. The van der Waals surface area contributed by atoms with Crippen molar-refractivity contribution in [1.29, 1.82) is 0 Å². The quantitative estimate of drug-likeness (QED) is 0.700. The Morgan fingerprint density at radius 1 is 1.35 bits per heavy atom. The van der Waals surface area contributed by atoms with Gasteiger partial charge in [0.25, 0.3) is 5.84 Å². The number of piperidine rings is 1. The lowest BCUT2D eigenvalue weighted by Gasteiger charge is -2.31. The lowest BCUT2D eigenvalue weighted by Crippen LogP contribution is -2.52. The van der Waals surface area contributed by atoms with Crippen LogP contribution in [0.4, 0.5) is 4.79 Å². The summed E-state index contributed by atoms with van der Waals surface area (Å²) in [5.41, 5.74) is 0.869. The summed E-state index contributed by atoms with van der Waals surface area (Å²) in [7, 11) is 3.10. The fourth-order valence-corrected chi connectivity index (χ4v) is 4.56. The van der Waals surface area contributed by atoms with E-state index in [1.54, 1.807) is 13.3 Å². The van der Waals surface area contributed by atoms with Gasteiger partial charge < -0.3 is 4.90 Å². The molecule has 1 saturated heterocycles. The number of dihydropyridines is 1. The molecule has 4 amide bonds. The zero-order valence-electron chi connectivity index (χ0n) is 15.7. The number of aliphatic imine (C=N–C) groups is 1. The minimum absolute atomic E-state index is 0.104. The van der Waals surface area contributed by atoms with Crippen LogP contribution in [0.15, 0.2) is 15.5 Å². The fraction of sp³-hybridized carbons (Fsp3) is 0.611. The Labute approximate surface area is 157 Å². The molecule has 3 rings (SSSR count). The molecule has 1 atom stereocenters. The molecule has 0 aromatic carbocycles. The SMILES string of the molecule is CC1=C(SCC(=O)N2CCC(C)CC2)C2C(=O)N(C)C(=O)[N+](C)=C2N=C1. The van der Waals surface area contributed by atoms with Crippen LogP contribution in [0.25, 0.3) is 0 Å². The number of hydrogen-bond acceptors (Lipinski definition) is 5. The molecule has 3 aliphatic rings. The highest BCUT2D eigenvalue weighted by molar-refractivity contribution is 8.03. The molecule has 3 heterocycles. The molecule has 3 aliphatic heterocycles. The van der Waals surface area contributed by atoms with E-state index in [-0.39, 0.29) is 17.8 Å². The second kappa shape index (κ2) is 7.34. The predicted molar refractivity (Wildman–Crippen MR) is 101 cm³/mol. The van der Waals surface area contributed by atoms with E-state index in [2.05, 4.69) is 11.9 Å². The molecule has 0 aliphatic carbocycles. The van der Waals surface area contributed by atoms with Gasteiger partial charge in [-0.15, -0.1) is 16.8 Å². The van der Waals surface area contributed by atoms with Crippen molar-refractivity contribution in [2.75, 3.05) is 32.9 Å². The third-order valence-electron chi connectivity index (χ3n) is 5.28. The Bertz CT molecular complexity index is 748. The van der Waals surface area contributed by atoms with E-state index in [0.717, 1.165) is 41.3 Å². The van der Waals surface area contributed by atoms with Gasteiger partial charge in [-0.3, -0.25) is 9.59 Å². The average molecular weight is 377 g/mol. The van der Waals surface area contributed by atoms with E-state index in [4.69, 9.17) is 0 Å². The van der Waals surface area contributed by atoms with E-state index < -0.39 is 5.92 Å². The van der Waals surface area contributed by atoms with Gasteiger partial charge in [0, 0.05) is 18.0 Å². The van der Waals surface area contributed by atoms with Crippen LogP contribution in [-0.2, 0) is 9.59 Å².